The summed E-state index contributed by atoms with van der Waals surface area (Å²) in [6.45, 7) is 4.94. The third-order valence-corrected chi connectivity index (χ3v) is 6.48. The van der Waals surface area contributed by atoms with Crippen molar-refractivity contribution in [2.45, 2.75) is 30.6 Å². The largest absolute Gasteiger partial charge is 0.744 e. The van der Waals surface area contributed by atoms with Crippen molar-refractivity contribution in [3.8, 4) is 6.07 Å². The molecule has 1 heterocycles. The molecule has 0 spiro atoms. The van der Waals surface area contributed by atoms with E-state index in [1.165, 1.54) is 30.3 Å². The molecular formula is C21H26N6O6S2. The molecule has 0 atom stereocenters. The lowest BCUT2D eigenvalue weighted by molar-refractivity contribution is 0.461. The molecule has 188 valence electrons. The van der Waals surface area contributed by atoms with Gasteiger partial charge in [-0.2, -0.15) is 5.26 Å². The second-order valence-electron chi connectivity index (χ2n) is 7.27. The molecule has 0 saturated heterocycles. The average molecular weight is 523 g/mol. The number of quaternary nitrogens is 2. The van der Waals surface area contributed by atoms with Crippen LogP contribution in [0.25, 0.3) is 0 Å². The summed E-state index contributed by atoms with van der Waals surface area (Å²) in [6.07, 6.45) is 0. The number of hydrogen-bond donors (Lipinski definition) is 4. The number of aryl methyl sites for hydroxylation is 3. The Morgan fingerprint density at radius 1 is 0.771 bits per heavy atom. The maximum atomic E-state index is 11.2. The highest BCUT2D eigenvalue weighted by atomic mass is 32.2. The molecule has 0 amide bonds. The van der Waals surface area contributed by atoms with Crippen molar-refractivity contribution in [2.24, 2.45) is 0 Å². The van der Waals surface area contributed by atoms with Crippen LogP contribution in [-0.2, 0) is 20.2 Å². The molecule has 12 nitrogen and oxygen atoms in total. The van der Waals surface area contributed by atoms with Gasteiger partial charge >= 0.3 is 0 Å². The fourth-order valence-electron chi connectivity index (χ4n) is 3.10. The Hall–Kier alpha value is -3.58. The number of aromatic nitrogens is 1. The Bertz CT molecular complexity index is 1520. The molecule has 14 heteroatoms. The van der Waals surface area contributed by atoms with E-state index in [-0.39, 0.29) is 33.5 Å². The molecule has 0 bridgehead atoms. The monoisotopic (exact) mass is 522 g/mol. The second kappa shape index (κ2) is 10.8. The van der Waals surface area contributed by atoms with Gasteiger partial charge in [-0.3, -0.25) is 0 Å². The van der Waals surface area contributed by atoms with E-state index in [9.17, 15) is 31.2 Å². The number of pyridine rings is 1. The van der Waals surface area contributed by atoms with E-state index in [1.54, 1.807) is 26.8 Å². The number of benzene rings is 2. The minimum atomic E-state index is -4.61. The van der Waals surface area contributed by atoms with Crippen LogP contribution in [0, 0.1) is 32.1 Å². The van der Waals surface area contributed by atoms with Gasteiger partial charge in [0.2, 0.25) is 0 Å². The number of hydrogen-bond acceptors (Lipinski definition) is 10. The van der Waals surface area contributed by atoms with E-state index in [4.69, 9.17) is 0 Å². The number of rotatable bonds is 6. The first-order valence-corrected chi connectivity index (χ1v) is 12.2. The quantitative estimate of drug-likeness (QED) is 0.339. The molecule has 0 radical (unpaired) electrons. The lowest BCUT2D eigenvalue weighted by Crippen LogP contribution is -2.06. The Kier molecular flexibility index (Phi) is 9.07. The first-order chi connectivity index (χ1) is 15.3. The standard InChI is InChI=1S/C21H20N4O6S2.2H3N/c1-12-10-20(23-18-6-4-15(8-13(18)2)32(26,27)28)25-21(17(12)11-22)24-19-7-5-16(9-14(19)3)33(29,30)31;;/h4-10H,1-3H3,(H2,23,24,25)(H,26,27,28)(H,29,30,31);2*1H3. The zero-order valence-corrected chi connectivity index (χ0v) is 21.3. The SMILES string of the molecule is Cc1cc(S(=O)(=O)[O-])ccc1Nc1cc(C)c(C#N)c(Nc2ccc(S(=O)(=O)[O-])cc2C)n1.[NH4+].[NH4+]. The van der Waals surface area contributed by atoms with Gasteiger partial charge in [-0.25, -0.2) is 21.8 Å². The van der Waals surface area contributed by atoms with Crippen LogP contribution in [-0.4, -0.2) is 30.9 Å². The van der Waals surface area contributed by atoms with Gasteiger partial charge in [-0.1, -0.05) is 0 Å². The summed E-state index contributed by atoms with van der Waals surface area (Å²) in [5, 5.41) is 15.6. The van der Waals surface area contributed by atoms with Gasteiger partial charge < -0.3 is 32.0 Å². The Balaban J connectivity index is 0.00000306. The molecule has 0 fully saturated rings. The van der Waals surface area contributed by atoms with E-state index < -0.39 is 20.2 Å². The topological polar surface area (TPSA) is 248 Å². The fraction of sp³-hybridized carbons (Fsp3) is 0.143. The zero-order valence-electron chi connectivity index (χ0n) is 19.7. The third-order valence-electron chi connectivity index (χ3n) is 4.82. The first kappa shape index (κ1) is 29.5. The molecule has 0 unspecified atom stereocenters. The summed E-state index contributed by atoms with van der Waals surface area (Å²) in [6, 6.07) is 11.4. The smallest absolute Gasteiger partial charge is 0.151 e. The van der Waals surface area contributed by atoms with Crippen molar-refractivity contribution in [3.05, 3.63) is 64.7 Å². The minimum Gasteiger partial charge on any atom is -0.744 e. The number of nitriles is 1. The van der Waals surface area contributed by atoms with Crippen molar-refractivity contribution >= 4 is 43.2 Å². The van der Waals surface area contributed by atoms with Crippen molar-refractivity contribution in [3.63, 3.8) is 0 Å². The summed E-state index contributed by atoms with van der Waals surface area (Å²) >= 11 is 0. The molecule has 0 saturated carbocycles. The van der Waals surface area contributed by atoms with Crippen LogP contribution in [0.2, 0.25) is 0 Å². The van der Waals surface area contributed by atoms with E-state index >= 15 is 0 Å². The minimum absolute atomic E-state index is 0. The van der Waals surface area contributed by atoms with Gasteiger partial charge in [0, 0.05) is 11.4 Å². The number of nitrogens with zero attached hydrogens (tertiary/aromatic N) is 2. The lowest BCUT2D eigenvalue weighted by Gasteiger charge is -2.17. The highest BCUT2D eigenvalue weighted by Gasteiger charge is 2.14. The van der Waals surface area contributed by atoms with Crippen LogP contribution in [0.15, 0.2) is 52.3 Å². The van der Waals surface area contributed by atoms with Crippen LogP contribution >= 0.6 is 0 Å². The molecule has 3 aromatic rings. The summed E-state index contributed by atoms with van der Waals surface area (Å²) in [7, 11) is -9.19. The molecule has 0 aliphatic heterocycles. The molecule has 3 rings (SSSR count). The molecule has 10 N–H and O–H groups in total. The third kappa shape index (κ3) is 6.73. The maximum Gasteiger partial charge on any atom is 0.151 e. The van der Waals surface area contributed by atoms with E-state index in [1.807, 2.05) is 0 Å². The summed E-state index contributed by atoms with van der Waals surface area (Å²) in [4.78, 5) is 3.69. The van der Waals surface area contributed by atoms with Crippen molar-refractivity contribution in [1.82, 2.24) is 17.3 Å². The van der Waals surface area contributed by atoms with Crippen molar-refractivity contribution < 1.29 is 25.9 Å². The molecule has 35 heavy (non-hydrogen) atoms. The lowest BCUT2D eigenvalue weighted by atomic mass is 10.1. The molecule has 2 aromatic carbocycles. The average Bonchev–Trinajstić information content (AvgIpc) is 2.69. The Morgan fingerprint density at radius 3 is 1.63 bits per heavy atom. The molecular weight excluding hydrogens is 496 g/mol. The molecule has 0 aliphatic carbocycles. The van der Waals surface area contributed by atoms with Crippen molar-refractivity contribution in [2.75, 3.05) is 10.6 Å². The van der Waals surface area contributed by atoms with Crippen LogP contribution in [0.4, 0.5) is 23.0 Å². The van der Waals surface area contributed by atoms with Gasteiger partial charge in [0.05, 0.1) is 15.4 Å². The van der Waals surface area contributed by atoms with E-state index in [2.05, 4.69) is 21.7 Å². The van der Waals surface area contributed by atoms with Crippen LogP contribution in [0.1, 0.15) is 22.3 Å². The van der Waals surface area contributed by atoms with Gasteiger partial charge in [-0.15, -0.1) is 0 Å². The predicted molar refractivity (Wildman–Crippen MR) is 131 cm³/mol. The van der Waals surface area contributed by atoms with Gasteiger partial charge in [0.25, 0.3) is 0 Å². The number of nitrogens with one attached hydrogen (secondary N) is 2. The summed E-state index contributed by atoms with van der Waals surface area (Å²) < 4.78 is 67.3. The summed E-state index contributed by atoms with van der Waals surface area (Å²) in [5.74, 6) is 0.531. The van der Waals surface area contributed by atoms with Crippen LogP contribution in [0.3, 0.4) is 0 Å². The molecule has 0 aliphatic rings. The van der Waals surface area contributed by atoms with E-state index in [0.29, 0.717) is 33.9 Å². The number of anilines is 4. The highest BCUT2D eigenvalue weighted by molar-refractivity contribution is 7.86. The highest BCUT2D eigenvalue weighted by Crippen LogP contribution is 2.29. The van der Waals surface area contributed by atoms with Crippen molar-refractivity contribution in [1.29, 1.82) is 5.26 Å². The van der Waals surface area contributed by atoms with Gasteiger partial charge in [-0.05, 0) is 79.9 Å². The van der Waals surface area contributed by atoms with Gasteiger partial charge in [0.15, 0.2) is 5.82 Å². The first-order valence-electron chi connectivity index (χ1n) is 9.38. The summed E-state index contributed by atoms with van der Waals surface area (Å²) in [5.41, 5.74) is 2.75. The Labute approximate surface area is 203 Å². The van der Waals surface area contributed by atoms with Gasteiger partial charge in [0.1, 0.15) is 32.1 Å². The fourth-order valence-corrected chi connectivity index (χ4v) is 4.21. The maximum absolute atomic E-state index is 11.2. The van der Waals surface area contributed by atoms with Crippen LogP contribution < -0.4 is 22.9 Å². The Morgan fingerprint density at radius 2 is 1.23 bits per heavy atom. The van der Waals surface area contributed by atoms with E-state index in [0.717, 1.165) is 6.07 Å². The predicted octanol–water partition coefficient (Wildman–Crippen LogP) is 3.93. The molecule has 1 aromatic heterocycles. The normalized spacial score (nSPS) is 11.0. The zero-order chi connectivity index (χ0) is 24.6. The second-order valence-corrected chi connectivity index (χ2v) is 10.0. The van der Waals surface area contributed by atoms with Crippen LogP contribution in [0.5, 0.6) is 0 Å².